The number of hydrogen-bond donors (Lipinski definition) is 2. The fourth-order valence-electron chi connectivity index (χ4n) is 2.08. The lowest BCUT2D eigenvalue weighted by molar-refractivity contribution is -0.126. The van der Waals surface area contributed by atoms with E-state index in [2.05, 4.69) is 15.6 Å². The van der Waals surface area contributed by atoms with Crippen molar-refractivity contribution < 1.29 is 18.8 Å². The number of carbonyl (C=O) groups is 3. The van der Waals surface area contributed by atoms with Crippen molar-refractivity contribution in [2.75, 3.05) is 5.32 Å². The number of ketones is 1. The summed E-state index contributed by atoms with van der Waals surface area (Å²) in [4.78, 5) is 39.6. The van der Waals surface area contributed by atoms with Crippen molar-refractivity contribution in [3.05, 3.63) is 60.2 Å². The first kappa shape index (κ1) is 18.3. The van der Waals surface area contributed by atoms with Crippen molar-refractivity contribution in [2.45, 2.75) is 25.8 Å². The Hall–Kier alpha value is -3.09. The van der Waals surface area contributed by atoms with Gasteiger partial charge in [-0.15, -0.1) is 0 Å². The van der Waals surface area contributed by atoms with E-state index in [1.54, 1.807) is 24.4 Å². The average molecular weight is 343 g/mol. The lowest BCUT2D eigenvalue weighted by Gasteiger charge is -2.14. The van der Waals surface area contributed by atoms with E-state index in [1.807, 2.05) is 0 Å². The number of carbonyl (C=O) groups excluding carboxylic acids is 3. The predicted octanol–water partition coefficient (Wildman–Crippen LogP) is 2.33. The molecule has 1 aromatic carbocycles. The van der Waals surface area contributed by atoms with Gasteiger partial charge in [0.25, 0.3) is 0 Å². The van der Waals surface area contributed by atoms with Gasteiger partial charge in [0, 0.05) is 30.8 Å². The molecule has 2 amide bonds. The van der Waals surface area contributed by atoms with Gasteiger partial charge in [-0.3, -0.25) is 19.4 Å². The Balaban J connectivity index is 1.80. The van der Waals surface area contributed by atoms with Crippen molar-refractivity contribution in [1.29, 1.82) is 0 Å². The first-order chi connectivity index (χ1) is 12.0. The van der Waals surface area contributed by atoms with E-state index in [-0.39, 0.29) is 24.3 Å². The van der Waals surface area contributed by atoms with Crippen LogP contribution in [0.3, 0.4) is 0 Å². The molecule has 0 aliphatic carbocycles. The molecule has 2 N–H and O–H groups in total. The van der Waals surface area contributed by atoms with Crippen molar-refractivity contribution in [2.24, 2.45) is 0 Å². The Labute approximate surface area is 144 Å². The summed E-state index contributed by atoms with van der Waals surface area (Å²) >= 11 is 0. The Morgan fingerprint density at radius 1 is 1.12 bits per heavy atom. The van der Waals surface area contributed by atoms with Gasteiger partial charge in [0.05, 0.1) is 5.69 Å². The van der Waals surface area contributed by atoms with Gasteiger partial charge in [-0.25, -0.2) is 4.39 Å². The Kier molecular flexibility index (Phi) is 6.33. The number of anilines is 1. The maximum absolute atomic E-state index is 13.5. The first-order valence-electron chi connectivity index (χ1n) is 7.75. The van der Waals surface area contributed by atoms with E-state index < -0.39 is 23.7 Å². The highest BCUT2D eigenvalue weighted by atomic mass is 19.1. The highest BCUT2D eigenvalue weighted by Gasteiger charge is 2.17. The Morgan fingerprint density at radius 3 is 2.56 bits per heavy atom. The molecule has 0 saturated heterocycles. The molecule has 1 atom stereocenters. The third-order valence-electron chi connectivity index (χ3n) is 3.47. The zero-order chi connectivity index (χ0) is 18.2. The quantitative estimate of drug-likeness (QED) is 0.755. The van der Waals surface area contributed by atoms with Gasteiger partial charge in [0.1, 0.15) is 11.9 Å². The number of aromatic nitrogens is 1. The molecule has 7 heteroatoms. The molecule has 130 valence electrons. The topological polar surface area (TPSA) is 88.2 Å². The third-order valence-corrected chi connectivity index (χ3v) is 3.47. The largest absolute Gasteiger partial charge is 0.345 e. The summed E-state index contributed by atoms with van der Waals surface area (Å²) in [7, 11) is 0. The minimum atomic E-state index is -0.861. The van der Waals surface area contributed by atoms with Crippen LogP contribution in [0.25, 0.3) is 0 Å². The van der Waals surface area contributed by atoms with Crippen LogP contribution in [0.4, 0.5) is 10.1 Å². The van der Waals surface area contributed by atoms with Gasteiger partial charge in [0.15, 0.2) is 5.78 Å². The summed E-state index contributed by atoms with van der Waals surface area (Å²) in [6.07, 6.45) is 2.95. The second-order valence-electron chi connectivity index (χ2n) is 5.42. The number of Topliss-reactive ketones (excluding diaryl/α,β-unsaturated/α-hetero) is 1. The molecule has 2 aromatic rings. The molecule has 0 spiro atoms. The number of amides is 2. The SMILES string of the molecule is CC(NC(=O)CCC(=O)c1cccnc1)C(=O)Nc1ccccc1F. The summed E-state index contributed by atoms with van der Waals surface area (Å²) in [5, 5.41) is 4.89. The molecule has 1 unspecified atom stereocenters. The van der Waals surface area contributed by atoms with Gasteiger partial charge >= 0.3 is 0 Å². The molecule has 1 aromatic heterocycles. The maximum Gasteiger partial charge on any atom is 0.246 e. The lowest BCUT2D eigenvalue weighted by Crippen LogP contribution is -2.41. The second kappa shape index (κ2) is 8.68. The minimum Gasteiger partial charge on any atom is -0.345 e. The fraction of sp³-hybridized carbons (Fsp3) is 0.222. The number of nitrogens with zero attached hydrogens (tertiary/aromatic N) is 1. The van der Waals surface area contributed by atoms with E-state index in [9.17, 15) is 18.8 Å². The number of nitrogens with one attached hydrogen (secondary N) is 2. The lowest BCUT2D eigenvalue weighted by atomic mass is 10.1. The number of benzene rings is 1. The normalized spacial score (nSPS) is 11.4. The monoisotopic (exact) mass is 343 g/mol. The molecule has 0 bridgehead atoms. The molecule has 0 radical (unpaired) electrons. The molecular weight excluding hydrogens is 325 g/mol. The van der Waals surface area contributed by atoms with E-state index >= 15 is 0 Å². The summed E-state index contributed by atoms with van der Waals surface area (Å²) in [6.45, 7) is 1.48. The molecule has 0 fully saturated rings. The van der Waals surface area contributed by atoms with Crippen molar-refractivity contribution in [3.8, 4) is 0 Å². The molecule has 6 nitrogen and oxygen atoms in total. The number of para-hydroxylation sites is 1. The van der Waals surface area contributed by atoms with Gasteiger partial charge in [-0.1, -0.05) is 12.1 Å². The first-order valence-corrected chi connectivity index (χ1v) is 7.75. The van der Waals surface area contributed by atoms with Crippen LogP contribution in [-0.4, -0.2) is 28.6 Å². The maximum atomic E-state index is 13.5. The van der Waals surface area contributed by atoms with Crippen LogP contribution in [0.1, 0.15) is 30.1 Å². The summed E-state index contributed by atoms with van der Waals surface area (Å²) in [5.74, 6) is -1.74. The van der Waals surface area contributed by atoms with Crippen LogP contribution in [0, 0.1) is 5.82 Å². The standard InChI is InChI=1S/C18H18FN3O3/c1-12(18(25)22-15-7-3-2-6-14(15)19)21-17(24)9-8-16(23)13-5-4-10-20-11-13/h2-7,10-12H,8-9H2,1H3,(H,21,24)(H,22,25). The van der Waals surface area contributed by atoms with Crippen molar-refractivity contribution in [1.82, 2.24) is 10.3 Å². The Morgan fingerprint density at radius 2 is 1.88 bits per heavy atom. The van der Waals surface area contributed by atoms with Crippen LogP contribution in [0.2, 0.25) is 0 Å². The molecule has 0 aliphatic heterocycles. The number of hydrogen-bond acceptors (Lipinski definition) is 4. The highest BCUT2D eigenvalue weighted by molar-refractivity contribution is 5.99. The average Bonchev–Trinajstić information content (AvgIpc) is 2.62. The van der Waals surface area contributed by atoms with Gasteiger partial charge in [0.2, 0.25) is 11.8 Å². The predicted molar refractivity (Wildman–Crippen MR) is 90.4 cm³/mol. The van der Waals surface area contributed by atoms with Crippen molar-refractivity contribution >= 4 is 23.3 Å². The zero-order valence-corrected chi connectivity index (χ0v) is 13.7. The molecule has 1 heterocycles. The van der Waals surface area contributed by atoms with Gasteiger partial charge in [-0.2, -0.15) is 0 Å². The van der Waals surface area contributed by atoms with E-state index in [1.165, 1.54) is 31.3 Å². The van der Waals surface area contributed by atoms with E-state index in [0.29, 0.717) is 5.56 Å². The number of rotatable bonds is 7. The smallest absolute Gasteiger partial charge is 0.246 e. The minimum absolute atomic E-state index is 0.0131. The summed E-state index contributed by atoms with van der Waals surface area (Å²) in [5.41, 5.74) is 0.473. The fourth-order valence-corrected chi connectivity index (χ4v) is 2.08. The zero-order valence-electron chi connectivity index (χ0n) is 13.7. The molecule has 2 rings (SSSR count). The highest BCUT2D eigenvalue weighted by Crippen LogP contribution is 2.12. The molecule has 0 saturated carbocycles. The van der Waals surface area contributed by atoms with Gasteiger partial charge < -0.3 is 10.6 Å². The Bertz CT molecular complexity index is 765. The van der Waals surface area contributed by atoms with E-state index in [4.69, 9.17) is 0 Å². The summed E-state index contributed by atoms with van der Waals surface area (Å²) < 4.78 is 13.5. The van der Waals surface area contributed by atoms with Crippen LogP contribution >= 0.6 is 0 Å². The van der Waals surface area contributed by atoms with Crippen molar-refractivity contribution in [3.63, 3.8) is 0 Å². The molecule has 25 heavy (non-hydrogen) atoms. The molecular formula is C18H18FN3O3. The number of halogens is 1. The van der Waals surface area contributed by atoms with E-state index in [0.717, 1.165) is 0 Å². The number of pyridine rings is 1. The van der Waals surface area contributed by atoms with Crippen LogP contribution < -0.4 is 10.6 Å². The van der Waals surface area contributed by atoms with Crippen LogP contribution in [0.5, 0.6) is 0 Å². The third kappa shape index (κ3) is 5.49. The summed E-state index contributed by atoms with van der Waals surface area (Å²) in [6, 6.07) is 8.15. The second-order valence-corrected chi connectivity index (χ2v) is 5.42. The van der Waals surface area contributed by atoms with Crippen LogP contribution in [0.15, 0.2) is 48.8 Å². The van der Waals surface area contributed by atoms with Crippen LogP contribution in [-0.2, 0) is 9.59 Å². The van der Waals surface area contributed by atoms with Gasteiger partial charge in [-0.05, 0) is 31.2 Å². The molecule has 0 aliphatic rings.